The molecule has 2 aromatic heterocycles. The van der Waals surface area contributed by atoms with E-state index in [0.717, 1.165) is 11.6 Å². The lowest BCUT2D eigenvalue weighted by Crippen LogP contribution is -2.49. The van der Waals surface area contributed by atoms with Crippen LogP contribution in [-0.4, -0.2) is 56.8 Å². The number of benzene rings is 1. The van der Waals surface area contributed by atoms with E-state index in [1.54, 1.807) is 21.9 Å². The minimum Gasteiger partial charge on any atom is -0.367 e. The van der Waals surface area contributed by atoms with Crippen molar-refractivity contribution in [1.29, 1.82) is 0 Å². The number of fused-ring (bicyclic) bond motifs is 1. The second-order valence-electron chi connectivity index (χ2n) is 7.53. The van der Waals surface area contributed by atoms with E-state index < -0.39 is 11.7 Å². The largest absolute Gasteiger partial charge is 0.418 e. The minimum atomic E-state index is -4.42. The fourth-order valence-electron chi connectivity index (χ4n) is 3.68. The minimum absolute atomic E-state index is 0.127. The number of halogens is 3. The van der Waals surface area contributed by atoms with Gasteiger partial charge in [0.2, 0.25) is 0 Å². The first-order valence-corrected chi connectivity index (χ1v) is 9.67. The Morgan fingerprint density at radius 2 is 1.80 bits per heavy atom. The van der Waals surface area contributed by atoms with Gasteiger partial charge in [-0.1, -0.05) is 26.0 Å². The fourth-order valence-corrected chi connectivity index (χ4v) is 3.68. The van der Waals surface area contributed by atoms with E-state index in [2.05, 4.69) is 15.3 Å². The molecule has 0 unspecified atom stereocenters. The molecule has 0 saturated carbocycles. The number of piperazine rings is 1. The van der Waals surface area contributed by atoms with Crippen LogP contribution < -0.4 is 4.90 Å². The number of hydrogen-bond donors (Lipinski definition) is 0. The maximum absolute atomic E-state index is 13.3. The molecule has 1 saturated heterocycles. The number of amides is 1. The Bertz CT molecular complexity index is 1070. The van der Waals surface area contributed by atoms with Gasteiger partial charge in [0.05, 0.1) is 5.56 Å². The summed E-state index contributed by atoms with van der Waals surface area (Å²) in [5.74, 6) is -0.127. The summed E-state index contributed by atoms with van der Waals surface area (Å²) in [6, 6.07) is 7.25. The van der Waals surface area contributed by atoms with E-state index >= 15 is 0 Å². The smallest absolute Gasteiger partial charge is 0.367 e. The van der Waals surface area contributed by atoms with Crippen molar-refractivity contribution in [3.8, 4) is 0 Å². The van der Waals surface area contributed by atoms with E-state index in [1.807, 2.05) is 13.8 Å². The Balaban J connectivity index is 1.53. The third-order valence-electron chi connectivity index (χ3n) is 5.25. The van der Waals surface area contributed by atoms with Crippen molar-refractivity contribution in [2.45, 2.75) is 25.9 Å². The Morgan fingerprint density at radius 1 is 1.10 bits per heavy atom. The van der Waals surface area contributed by atoms with Gasteiger partial charge in [0.15, 0.2) is 5.65 Å². The Morgan fingerprint density at radius 3 is 2.47 bits per heavy atom. The summed E-state index contributed by atoms with van der Waals surface area (Å²) in [4.78, 5) is 16.3. The quantitative estimate of drug-likeness (QED) is 0.654. The van der Waals surface area contributed by atoms with Gasteiger partial charge in [-0.2, -0.15) is 22.8 Å². The molecule has 1 fully saturated rings. The SMILES string of the molecule is CC(C)c1cc(C(=O)N2CCN(c3ccccc3C(F)(F)F)CC2)nn2cnnc12. The molecule has 3 aromatic rings. The van der Waals surface area contributed by atoms with Gasteiger partial charge in [-0.05, 0) is 24.1 Å². The van der Waals surface area contributed by atoms with Gasteiger partial charge in [0.25, 0.3) is 5.91 Å². The maximum Gasteiger partial charge on any atom is 0.418 e. The van der Waals surface area contributed by atoms with Crippen LogP contribution in [0.3, 0.4) is 0 Å². The van der Waals surface area contributed by atoms with Crippen LogP contribution in [-0.2, 0) is 6.18 Å². The molecule has 0 radical (unpaired) electrons. The molecule has 4 rings (SSSR count). The molecule has 1 amide bonds. The van der Waals surface area contributed by atoms with Crippen LogP contribution >= 0.6 is 0 Å². The first-order chi connectivity index (χ1) is 14.3. The highest BCUT2D eigenvalue weighted by Crippen LogP contribution is 2.36. The fraction of sp³-hybridized carbons (Fsp3) is 0.400. The zero-order chi connectivity index (χ0) is 21.5. The average Bonchev–Trinajstić information content (AvgIpc) is 3.20. The number of carbonyl (C=O) groups excluding carboxylic acids is 1. The number of carbonyl (C=O) groups is 1. The first-order valence-electron chi connectivity index (χ1n) is 9.67. The summed E-state index contributed by atoms with van der Waals surface area (Å²) < 4.78 is 41.4. The number of anilines is 1. The van der Waals surface area contributed by atoms with E-state index in [9.17, 15) is 18.0 Å². The molecule has 10 heteroatoms. The normalized spacial score (nSPS) is 15.3. The van der Waals surface area contributed by atoms with Crippen LogP contribution in [0, 0.1) is 0 Å². The highest BCUT2D eigenvalue weighted by Gasteiger charge is 2.35. The second-order valence-corrected chi connectivity index (χ2v) is 7.53. The predicted molar refractivity (Wildman–Crippen MR) is 104 cm³/mol. The van der Waals surface area contributed by atoms with Crippen molar-refractivity contribution in [2.75, 3.05) is 31.1 Å². The second kappa shape index (κ2) is 7.58. The highest BCUT2D eigenvalue weighted by molar-refractivity contribution is 5.93. The Labute approximate surface area is 171 Å². The van der Waals surface area contributed by atoms with Crippen molar-refractivity contribution >= 4 is 17.2 Å². The van der Waals surface area contributed by atoms with Gasteiger partial charge in [0.1, 0.15) is 12.0 Å². The van der Waals surface area contributed by atoms with Crippen molar-refractivity contribution in [3.05, 3.63) is 53.5 Å². The monoisotopic (exact) mass is 418 g/mol. The average molecular weight is 418 g/mol. The van der Waals surface area contributed by atoms with Crippen LogP contribution in [0.15, 0.2) is 36.7 Å². The number of para-hydroxylation sites is 1. The van der Waals surface area contributed by atoms with Gasteiger partial charge in [-0.15, -0.1) is 10.2 Å². The van der Waals surface area contributed by atoms with Gasteiger partial charge in [-0.3, -0.25) is 4.79 Å². The molecule has 3 heterocycles. The van der Waals surface area contributed by atoms with E-state index in [-0.39, 0.29) is 23.2 Å². The summed E-state index contributed by atoms with van der Waals surface area (Å²) in [5, 5.41) is 12.2. The van der Waals surface area contributed by atoms with Crippen molar-refractivity contribution in [1.82, 2.24) is 24.7 Å². The lowest BCUT2D eigenvalue weighted by Gasteiger charge is -2.37. The van der Waals surface area contributed by atoms with Crippen LogP contribution in [0.2, 0.25) is 0 Å². The molecule has 1 aromatic carbocycles. The van der Waals surface area contributed by atoms with Crippen LogP contribution in [0.4, 0.5) is 18.9 Å². The molecular weight excluding hydrogens is 397 g/mol. The topological polar surface area (TPSA) is 66.6 Å². The Hall–Kier alpha value is -3.17. The summed E-state index contributed by atoms with van der Waals surface area (Å²) in [6.07, 6.45) is -2.97. The van der Waals surface area contributed by atoms with Crippen molar-refractivity contribution < 1.29 is 18.0 Å². The molecule has 0 spiro atoms. The van der Waals surface area contributed by atoms with E-state index in [4.69, 9.17) is 0 Å². The molecule has 1 aliphatic rings. The predicted octanol–water partition coefficient (Wildman–Crippen LogP) is 3.23. The third kappa shape index (κ3) is 3.69. The molecular formula is C20H21F3N6O. The number of hydrogen-bond acceptors (Lipinski definition) is 5. The van der Waals surface area contributed by atoms with Crippen molar-refractivity contribution in [3.63, 3.8) is 0 Å². The number of rotatable bonds is 3. The molecule has 1 aliphatic heterocycles. The highest BCUT2D eigenvalue weighted by atomic mass is 19.4. The van der Waals surface area contributed by atoms with Crippen LogP contribution in [0.25, 0.3) is 5.65 Å². The van der Waals surface area contributed by atoms with E-state index in [1.165, 1.54) is 23.0 Å². The summed E-state index contributed by atoms with van der Waals surface area (Å²) in [5.41, 5.74) is 1.23. The van der Waals surface area contributed by atoms with Crippen LogP contribution in [0.5, 0.6) is 0 Å². The van der Waals surface area contributed by atoms with Crippen molar-refractivity contribution in [2.24, 2.45) is 0 Å². The number of aromatic nitrogens is 4. The van der Waals surface area contributed by atoms with Gasteiger partial charge in [-0.25, -0.2) is 0 Å². The lowest BCUT2D eigenvalue weighted by molar-refractivity contribution is -0.137. The molecule has 0 aliphatic carbocycles. The number of nitrogens with zero attached hydrogens (tertiary/aromatic N) is 6. The van der Waals surface area contributed by atoms with Crippen LogP contribution in [0.1, 0.15) is 41.4 Å². The first kappa shape index (κ1) is 20.1. The standard InChI is InChI=1S/C20H21F3N6O/c1-13(2)14-11-16(26-29-12-24-25-18(14)29)19(30)28-9-7-27(8-10-28)17-6-4-3-5-15(17)20(21,22)23/h3-6,11-13H,7-10H2,1-2H3. The summed E-state index contributed by atoms with van der Waals surface area (Å²) >= 11 is 0. The van der Waals surface area contributed by atoms with Gasteiger partial charge in [0, 0.05) is 37.4 Å². The number of alkyl halides is 3. The lowest BCUT2D eigenvalue weighted by atomic mass is 10.0. The van der Waals surface area contributed by atoms with Gasteiger partial charge < -0.3 is 9.80 Å². The molecule has 0 N–H and O–H groups in total. The third-order valence-corrected chi connectivity index (χ3v) is 5.25. The maximum atomic E-state index is 13.3. The molecule has 7 nitrogen and oxygen atoms in total. The molecule has 158 valence electrons. The van der Waals surface area contributed by atoms with E-state index in [0.29, 0.717) is 31.8 Å². The zero-order valence-corrected chi connectivity index (χ0v) is 16.6. The molecule has 0 atom stereocenters. The summed E-state index contributed by atoms with van der Waals surface area (Å²) in [6.45, 7) is 5.23. The summed E-state index contributed by atoms with van der Waals surface area (Å²) in [7, 11) is 0. The zero-order valence-electron chi connectivity index (χ0n) is 16.6. The Kier molecular flexibility index (Phi) is 5.08. The van der Waals surface area contributed by atoms with Gasteiger partial charge >= 0.3 is 6.18 Å². The molecule has 0 bridgehead atoms. The molecule has 30 heavy (non-hydrogen) atoms.